The van der Waals surface area contributed by atoms with Gasteiger partial charge in [-0.05, 0) is 12.8 Å². The van der Waals surface area contributed by atoms with Crippen LogP contribution < -0.4 is 5.32 Å². The van der Waals surface area contributed by atoms with Crippen LogP contribution in [0.1, 0.15) is 12.8 Å². The minimum atomic E-state index is 0.240. The van der Waals surface area contributed by atoms with E-state index in [4.69, 9.17) is 16.7 Å². The van der Waals surface area contributed by atoms with Crippen LogP contribution >= 0.6 is 11.6 Å². The highest BCUT2D eigenvalue weighted by atomic mass is 35.5. The van der Waals surface area contributed by atoms with E-state index in [1.165, 1.54) is 0 Å². The average Bonchev–Trinajstić information content (AvgIpc) is 1.90. The van der Waals surface area contributed by atoms with Crippen LogP contribution in [0.4, 0.5) is 0 Å². The van der Waals surface area contributed by atoms with Crippen molar-refractivity contribution < 1.29 is 5.11 Å². The van der Waals surface area contributed by atoms with Crippen molar-refractivity contribution >= 4 is 11.6 Å². The molecule has 0 spiro atoms. The van der Waals surface area contributed by atoms with Gasteiger partial charge in [-0.2, -0.15) is 0 Å². The van der Waals surface area contributed by atoms with Crippen LogP contribution in [0.2, 0.25) is 0 Å². The second-order valence-electron chi connectivity index (χ2n) is 2.46. The number of aliphatic hydroxyl groups excluding tert-OH is 1. The van der Waals surface area contributed by atoms with Crippen LogP contribution in [0.25, 0.3) is 0 Å². The molecule has 1 rings (SSSR count). The summed E-state index contributed by atoms with van der Waals surface area (Å²) in [6.07, 6.45) is 2.03. The maximum atomic E-state index is 8.67. The molecule has 2 N–H and O–H groups in total. The monoisotopic (exact) mass is 149 g/mol. The number of aliphatic hydroxyl groups is 1. The summed E-state index contributed by atoms with van der Waals surface area (Å²) < 4.78 is 0. The van der Waals surface area contributed by atoms with Crippen molar-refractivity contribution in [2.24, 2.45) is 0 Å². The van der Waals surface area contributed by atoms with Crippen LogP contribution in [-0.4, -0.2) is 29.7 Å². The summed E-state index contributed by atoms with van der Waals surface area (Å²) in [6, 6.07) is 0.292. The molecule has 9 heavy (non-hydrogen) atoms. The molecule has 0 aliphatic carbocycles. The molecule has 2 nitrogen and oxygen atoms in total. The topological polar surface area (TPSA) is 32.3 Å². The van der Waals surface area contributed by atoms with E-state index in [0.29, 0.717) is 6.04 Å². The summed E-state index contributed by atoms with van der Waals surface area (Å²) in [6.45, 7) is 1.08. The highest BCUT2D eigenvalue weighted by Crippen LogP contribution is 2.11. The Balaban J connectivity index is 2.18. The lowest BCUT2D eigenvalue weighted by atomic mass is 10.1. The van der Waals surface area contributed by atoms with Gasteiger partial charge in [0.25, 0.3) is 0 Å². The highest BCUT2D eigenvalue weighted by molar-refractivity contribution is 6.20. The van der Waals surface area contributed by atoms with Crippen LogP contribution in [0.5, 0.6) is 0 Å². The van der Waals surface area contributed by atoms with E-state index in [9.17, 15) is 0 Å². The Morgan fingerprint density at radius 2 is 2.33 bits per heavy atom. The lowest BCUT2D eigenvalue weighted by Gasteiger charge is -2.24. The molecule has 1 heterocycles. The van der Waals surface area contributed by atoms with Gasteiger partial charge in [0.15, 0.2) is 0 Å². The molecule has 0 saturated carbocycles. The van der Waals surface area contributed by atoms with E-state index in [1.54, 1.807) is 0 Å². The highest BCUT2D eigenvalue weighted by Gasteiger charge is 2.16. The molecular weight excluding hydrogens is 138 g/mol. The third-order valence-electron chi connectivity index (χ3n) is 1.68. The van der Waals surface area contributed by atoms with Gasteiger partial charge in [0.2, 0.25) is 0 Å². The molecule has 1 saturated heterocycles. The van der Waals surface area contributed by atoms with Crippen LogP contribution in [-0.2, 0) is 0 Å². The lowest BCUT2D eigenvalue weighted by molar-refractivity contribution is 0.221. The molecule has 0 amide bonds. The van der Waals surface area contributed by atoms with E-state index < -0.39 is 0 Å². The Bertz CT molecular complexity index is 81.1. The number of rotatable bonds is 1. The predicted molar refractivity (Wildman–Crippen MR) is 37.8 cm³/mol. The van der Waals surface area contributed by atoms with Crippen molar-refractivity contribution in [1.29, 1.82) is 0 Å². The van der Waals surface area contributed by atoms with Gasteiger partial charge in [0, 0.05) is 18.0 Å². The van der Waals surface area contributed by atoms with E-state index in [-0.39, 0.29) is 12.0 Å². The third-order valence-corrected chi connectivity index (χ3v) is 2.05. The first-order valence-corrected chi connectivity index (χ1v) is 3.75. The standard InChI is InChI=1S/C6H12ClNO/c7-5-1-2-6(4-9)8-3-5/h5-6,8-9H,1-4H2. The molecule has 0 radical (unpaired) electrons. The third kappa shape index (κ3) is 2.12. The van der Waals surface area contributed by atoms with E-state index in [2.05, 4.69) is 5.32 Å². The minimum Gasteiger partial charge on any atom is -0.395 e. The minimum absolute atomic E-state index is 0.240. The Hall–Kier alpha value is 0.210. The fraction of sp³-hybridized carbons (Fsp3) is 1.00. The summed E-state index contributed by atoms with van der Waals surface area (Å²) in [5.41, 5.74) is 0. The molecule has 1 aliphatic heterocycles. The lowest BCUT2D eigenvalue weighted by Crippen LogP contribution is -2.41. The first-order chi connectivity index (χ1) is 4.33. The second kappa shape index (κ2) is 3.40. The van der Waals surface area contributed by atoms with Gasteiger partial charge in [-0.1, -0.05) is 0 Å². The Labute approximate surface area is 60.2 Å². The maximum absolute atomic E-state index is 8.67. The molecule has 2 unspecified atom stereocenters. The largest absolute Gasteiger partial charge is 0.395 e. The van der Waals surface area contributed by atoms with Crippen molar-refractivity contribution in [2.75, 3.05) is 13.2 Å². The van der Waals surface area contributed by atoms with Crippen LogP contribution in [0, 0.1) is 0 Å². The zero-order valence-electron chi connectivity index (χ0n) is 5.31. The number of hydrogen-bond donors (Lipinski definition) is 2. The number of nitrogens with one attached hydrogen (secondary N) is 1. The fourth-order valence-corrected chi connectivity index (χ4v) is 1.25. The maximum Gasteiger partial charge on any atom is 0.0584 e. The zero-order valence-corrected chi connectivity index (χ0v) is 6.06. The SMILES string of the molecule is OCC1CCC(Cl)CN1. The molecule has 1 aliphatic rings. The molecule has 3 heteroatoms. The quantitative estimate of drug-likeness (QED) is 0.527. The van der Waals surface area contributed by atoms with E-state index in [1.807, 2.05) is 0 Å². The molecule has 0 aromatic rings. The first-order valence-electron chi connectivity index (χ1n) is 3.31. The smallest absolute Gasteiger partial charge is 0.0584 e. The Morgan fingerprint density at radius 1 is 1.56 bits per heavy atom. The molecule has 2 atom stereocenters. The van der Waals surface area contributed by atoms with Gasteiger partial charge in [-0.25, -0.2) is 0 Å². The molecule has 0 aromatic heterocycles. The van der Waals surface area contributed by atoms with E-state index >= 15 is 0 Å². The summed E-state index contributed by atoms with van der Waals surface area (Å²) in [4.78, 5) is 0. The number of piperidine rings is 1. The Morgan fingerprint density at radius 3 is 2.78 bits per heavy atom. The van der Waals surface area contributed by atoms with Crippen molar-refractivity contribution in [1.82, 2.24) is 5.32 Å². The van der Waals surface area contributed by atoms with Crippen molar-refractivity contribution in [3.8, 4) is 0 Å². The first kappa shape index (κ1) is 7.32. The predicted octanol–water partition coefficient (Wildman–Crippen LogP) is 0.338. The Kier molecular flexibility index (Phi) is 2.76. The van der Waals surface area contributed by atoms with Gasteiger partial charge in [-0.15, -0.1) is 11.6 Å². The van der Waals surface area contributed by atoms with Crippen molar-refractivity contribution in [3.05, 3.63) is 0 Å². The molecule has 1 fully saturated rings. The van der Waals surface area contributed by atoms with Gasteiger partial charge in [0.1, 0.15) is 0 Å². The van der Waals surface area contributed by atoms with E-state index in [0.717, 1.165) is 19.4 Å². The fourth-order valence-electron chi connectivity index (χ4n) is 1.04. The summed E-state index contributed by atoms with van der Waals surface area (Å²) in [5.74, 6) is 0. The molecule has 0 aromatic carbocycles. The molecule has 54 valence electrons. The van der Waals surface area contributed by atoms with Crippen LogP contribution in [0.3, 0.4) is 0 Å². The summed E-state index contributed by atoms with van der Waals surface area (Å²) in [7, 11) is 0. The second-order valence-corrected chi connectivity index (χ2v) is 3.08. The molecular formula is C6H12ClNO. The van der Waals surface area contributed by atoms with Gasteiger partial charge in [-0.3, -0.25) is 0 Å². The number of alkyl halides is 1. The normalized spacial score (nSPS) is 36.7. The zero-order chi connectivity index (χ0) is 6.69. The van der Waals surface area contributed by atoms with Gasteiger partial charge < -0.3 is 10.4 Å². The summed E-state index contributed by atoms with van der Waals surface area (Å²) in [5, 5.41) is 12.1. The number of hydrogen-bond acceptors (Lipinski definition) is 2. The number of halogens is 1. The summed E-state index contributed by atoms with van der Waals surface area (Å²) >= 11 is 5.79. The van der Waals surface area contributed by atoms with Crippen molar-refractivity contribution in [3.63, 3.8) is 0 Å². The average molecular weight is 150 g/mol. The van der Waals surface area contributed by atoms with Crippen molar-refractivity contribution in [2.45, 2.75) is 24.3 Å². The van der Waals surface area contributed by atoms with Crippen LogP contribution in [0.15, 0.2) is 0 Å². The molecule has 0 bridgehead atoms. The van der Waals surface area contributed by atoms with Gasteiger partial charge >= 0.3 is 0 Å². The van der Waals surface area contributed by atoms with Gasteiger partial charge in [0.05, 0.1) is 6.61 Å².